The summed E-state index contributed by atoms with van der Waals surface area (Å²) >= 11 is 5.34. The van der Waals surface area contributed by atoms with Crippen LogP contribution >= 0.6 is 12.2 Å². The Morgan fingerprint density at radius 1 is 1.37 bits per heavy atom. The standard InChI is InChI=1S/C15H18N2OS/c1-10-6-7-11(8-10)9-17-14(18)12-4-2-3-5-13(12)16-15(17)19/h2-5,10-11H,6-9H2,1H3,(H,16,19). The molecule has 1 N–H and O–H groups in total. The summed E-state index contributed by atoms with van der Waals surface area (Å²) in [5.41, 5.74) is 0.868. The van der Waals surface area contributed by atoms with Crippen LogP contribution in [0.15, 0.2) is 29.1 Å². The molecule has 4 heteroatoms. The van der Waals surface area contributed by atoms with Crippen molar-refractivity contribution in [2.45, 2.75) is 32.7 Å². The van der Waals surface area contributed by atoms with Crippen LogP contribution in [0.1, 0.15) is 26.2 Å². The van der Waals surface area contributed by atoms with Gasteiger partial charge in [0, 0.05) is 6.54 Å². The topological polar surface area (TPSA) is 37.8 Å². The molecule has 1 saturated carbocycles. The molecule has 0 amide bonds. The van der Waals surface area contributed by atoms with Gasteiger partial charge in [0.1, 0.15) is 0 Å². The maximum absolute atomic E-state index is 12.5. The second kappa shape index (κ2) is 4.93. The van der Waals surface area contributed by atoms with Crippen molar-refractivity contribution in [2.75, 3.05) is 0 Å². The number of para-hydroxylation sites is 1. The van der Waals surface area contributed by atoms with E-state index in [-0.39, 0.29) is 5.56 Å². The molecule has 3 rings (SSSR count). The smallest absolute Gasteiger partial charge is 0.262 e. The van der Waals surface area contributed by atoms with E-state index in [2.05, 4.69) is 11.9 Å². The Morgan fingerprint density at radius 3 is 2.89 bits per heavy atom. The van der Waals surface area contributed by atoms with Crippen LogP contribution in [-0.4, -0.2) is 9.55 Å². The van der Waals surface area contributed by atoms with Crippen LogP contribution in [0.2, 0.25) is 0 Å². The number of fused-ring (bicyclic) bond motifs is 1. The van der Waals surface area contributed by atoms with Gasteiger partial charge in [-0.1, -0.05) is 25.5 Å². The molecule has 1 aliphatic rings. The SMILES string of the molecule is CC1CCC(Cn2c(=S)[nH]c3ccccc3c2=O)C1. The van der Waals surface area contributed by atoms with Gasteiger partial charge >= 0.3 is 0 Å². The lowest BCUT2D eigenvalue weighted by molar-refractivity contribution is 0.429. The van der Waals surface area contributed by atoms with E-state index in [1.165, 1.54) is 19.3 Å². The van der Waals surface area contributed by atoms with E-state index in [4.69, 9.17) is 12.2 Å². The van der Waals surface area contributed by atoms with Gasteiger partial charge < -0.3 is 4.98 Å². The van der Waals surface area contributed by atoms with Gasteiger partial charge in [-0.3, -0.25) is 9.36 Å². The first-order chi connectivity index (χ1) is 9.15. The van der Waals surface area contributed by atoms with E-state index in [9.17, 15) is 4.79 Å². The van der Waals surface area contributed by atoms with Crippen molar-refractivity contribution in [3.8, 4) is 0 Å². The van der Waals surface area contributed by atoms with Crippen LogP contribution in [0.25, 0.3) is 10.9 Å². The number of benzene rings is 1. The van der Waals surface area contributed by atoms with Crippen LogP contribution in [0.4, 0.5) is 0 Å². The van der Waals surface area contributed by atoms with Crippen molar-refractivity contribution in [3.63, 3.8) is 0 Å². The lowest BCUT2D eigenvalue weighted by Gasteiger charge is -2.13. The van der Waals surface area contributed by atoms with Crippen LogP contribution in [0.5, 0.6) is 0 Å². The van der Waals surface area contributed by atoms with E-state index < -0.39 is 0 Å². The summed E-state index contributed by atoms with van der Waals surface area (Å²) < 4.78 is 2.28. The number of aromatic nitrogens is 2. The second-order valence-corrected chi connectivity index (χ2v) is 6.06. The molecule has 100 valence electrons. The molecule has 2 unspecified atom stereocenters. The predicted octanol–water partition coefficient (Wildman–Crippen LogP) is 3.50. The lowest BCUT2D eigenvalue weighted by Crippen LogP contribution is -2.25. The number of aromatic amines is 1. The van der Waals surface area contributed by atoms with Crippen LogP contribution in [0, 0.1) is 16.6 Å². The highest BCUT2D eigenvalue weighted by molar-refractivity contribution is 7.71. The Morgan fingerprint density at radius 2 is 2.16 bits per heavy atom. The average molecular weight is 274 g/mol. The van der Waals surface area contributed by atoms with Crippen molar-refractivity contribution in [1.29, 1.82) is 0 Å². The predicted molar refractivity (Wildman–Crippen MR) is 79.9 cm³/mol. The summed E-state index contributed by atoms with van der Waals surface area (Å²) in [6.45, 7) is 3.03. The summed E-state index contributed by atoms with van der Waals surface area (Å²) in [6, 6.07) is 7.56. The quantitative estimate of drug-likeness (QED) is 0.851. The number of rotatable bonds is 2. The Bertz CT molecular complexity index is 716. The number of H-pyrrole nitrogens is 1. The molecular weight excluding hydrogens is 256 g/mol. The number of hydrogen-bond acceptors (Lipinski definition) is 2. The highest BCUT2D eigenvalue weighted by Gasteiger charge is 2.22. The van der Waals surface area contributed by atoms with Gasteiger partial charge in [-0.2, -0.15) is 0 Å². The largest absolute Gasteiger partial charge is 0.332 e. The molecule has 0 saturated heterocycles. The Labute approximate surface area is 117 Å². The molecule has 0 aliphatic heterocycles. The van der Waals surface area contributed by atoms with E-state index in [0.29, 0.717) is 10.7 Å². The molecular formula is C15H18N2OS. The average Bonchev–Trinajstić information content (AvgIpc) is 2.80. The van der Waals surface area contributed by atoms with Crippen molar-refractivity contribution >= 4 is 23.1 Å². The molecule has 1 fully saturated rings. The lowest BCUT2D eigenvalue weighted by atomic mass is 10.1. The molecule has 1 heterocycles. The molecule has 0 radical (unpaired) electrons. The van der Waals surface area contributed by atoms with Crippen LogP contribution < -0.4 is 5.56 Å². The summed E-state index contributed by atoms with van der Waals surface area (Å²) in [5, 5.41) is 0.724. The Balaban J connectivity index is 2.04. The normalized spacial score (nSPS) is 23.0. The Hall–Kier alpha value is -1.42. The molecule has 1 aliphatic carbocycles. The Kier molecular flexibility index (Phi) is 3.27. The zero-order valence-corrected chi connectivity index (χ0v) is 11.9. The van der Waals surface area contributed by atoms with E-state index in [0.717, 1.165) is 23.4 Å². The van der Waals surface area contributed by atoms with Crippen molar-refractivity contribution < 1.29 is 0 Å². The molecule has 1 aromatic heterocycles. The zero-order chi connectivity index (χ0) is 13.4. The fourth-order valence-corrected chi connectivity index (χ4v) is 3.38. The van der Waals surface area contributed by atoms with Crippen molar-refractivity contribution in [2.24, 2.45) is 11.8 Å². The summed E-state index contributed by atoms with van der Waals surface area (Å²) in [7, 11) is 0. The van der Waals surface area contributed by atoms with E-state index in [1.54, 1.807) is 4.57 Å². The third-order valence-corrected chi connectivity index (χ3v) is 4.46. The van der Waals surface area contributed by atoms with Crippen LogP contribution in [0.3, 0.4) is 0 Å². The minimum atomic E-state index is 0.0407. The fraction of sp³-hybridized carbons (Fsp3) is 0.467. The van der Waals surface area contributed by atoms with Gasteiger partial charge in [0.25, 0.3) is 5.56 Å². The second-order valence-electron chi connectivity index (χ2n) is 5.68. The highest BCUT2D eigenvalue weighted by Crippen LogP contribution is 2.31. The number of nitrogens with zero attached hydrogens (tertiary/aromatic N) is 1. The maximum Gasteiger partial charge on any atom is 0.262 e. The minimum Gasteiger partial charge on any atom is -0.332 e. The molecule has 2 atom stereocenters. The van der Waals surface area contributed by atoms with E-state index >= 15 is 0 Å². The van der Waals surface area contributed by atoms with Crippen molar-refractivity contribution in [3.05, 3.63) is 39.4 Å². The van der Waals surface area contributed by atoms with Gasteiger partial charge in [0.15, 0.2) is 4.77 Å². The van der Waals surface area contributed by atoms with Gasteiger partial charge in [-0.25, -0.2) is 0 Å². The van der Waals surface area contributed by atoms with Crippen LogP contribution in [-0.2, 0) is 6.54 Å². The van der Waals surface area contributed by atoms with Gasteiger partial charge in [-0.05, 0) is 49.0 Å². The molecule has 3 nitrogen and oxygen atoms in total. The fourth-order valence-electron chi connectivity index (χ4n) is 3.11. The summed E-state index contributed by atoms with van der Waals surface area (Å²) in [4.78, 5) is 15.7. The molecule has 0 spiro atoms. The monoisotopic (exact) mass is 274 g/mol. The first-order valence-electron chi connectivity index (χ1n) is 6.87. The third kappa shape index (κ3) is 2.37. The molecule has 2 aromatic rings. The first-order valence-corrected chi connectivity index (χ1v) is 7.28. The third-order valence-electron chi connectivity index (χ3n) is 4.13. The highest BCUT2D eigenvalue weighted by atomic mass is 32.1. The number of nitrogens with one attached hydrogen (secondary N) is 1. The summed E-state index contributed by atoms with van der Waals surface area (Å²) in [5.74, 6) is 1.36. The first kappa shape index (κ1) is 12.6. The van der Waals surface area contributed by atoms with Crippen molar-refractivity contribution in [1.82, 2.24) is 9.55 Å². The summed E-state index contributed by atoms with van der Waals surface area (Å²) in [6.07, 6.45) is 3.67. The zero-order valence-electron chi connectivity index (χ0n) is 11.1. The minimum absolute atomic E-state index is 0.0407. The van der Waals surface area contributed by atoms with Gasteiger partial charge in [0.2, 0.25) is 0 Å². The molecule has 19 heavy (non-hydrogen) atoms. The number of hydrogen-bond donors (Lipinski definition) is 1. The van der Waals surface area contributed by atoms with Gasteiger partial charge in [0.05, 0.1) is 10.9 Å². The van der Waals surface area contributed by atoms with E-state index in [1.807, 2.05) is 24.3 Å². The van der Waals surface area contributed by atoms with Gasteiger partial charge in [-0.15, -0.1) is 0 Å². The molecule has 0 bridgehead atoms. The maximum atomic E-state index is 12.5. The molecule has 1 aromatic carbocycles.